The summed E-state index contributed by atoms with van der Waals surface area (Å²) in [6, 6.07) is 0.156. The van der Waals surface area contributed by atoms with E-state index < -0.39 is 74.6 Å². The van der Waals surface area contributed by atoms with Crippen molar-refractivity contribution in [3.8, 4) is 11.5 Å². The van der Waals surface area contributed by atoms with Gasteiger partial charge in [-0.05, 0) is 70.4 Å². The lowest BCUT2D eigenvalue weighted by Crippen LogP contribution is -2.71. The molecule has 0 unspecified atom stereocenters. The van der Waals surface area contributed by atoms with Gasteiger partial charge >= 0.3 is 11.9 Å². The zero-order valence-corrected chi connectivity index (χ0v) is 36.4. The van der Waals surface area contributed by atoms with Crippen LogP contribution in [0, 0.1) is 5.41 Å². The van der Waals surface area contributed by atoms with Crippen molar-refractivity contribution in [3.05, 3.63) is 55.4 Å². The number of nitrogens with two attached hydrogens (primary N) is 1. The molecule has 2 aromatic heterocycles. The summed E-state index contributed by atoms with van der Waals surface area (Å²) in [5.74, 6) is -5.88. The minimum absolute atomic E-state index is 0.00532. The van der Waals surface area contributed by atoms with Crippen LogP contribution in [0.15, 0.2) is 38.9 Å². The van der Waals surface area contributed by atoms with E-state index in [0.717, 1.165) is 61.2 Å². The first-order valence-electron chi connectivity index (χ1n) is 20.1. The average Bonchev–Trinajstić information content (AvgIpc) is 3.99. The van der Waals surface area contributed by atoms with E-state index in [1.165, 1.54) is 43.3 Å². The van der Waals surface area contributed by atoms with Crippen LogP contribution in [0.3, 0.4) is 0 Å². The van der Waals surface area contributed by atoms with Gasteiger partial charge in [0.25, 0.3) is 17.7 Å². The molecule has 1 aromatic carbocycles. The van der Waals surface area contributed by atoms with Crippen molar-refractivity contribution >= 4 is 86.1 Å². The first kappa shape index (κ1) is 44.7. The first-order chi connectivity index (χ1) is 29.3. The van der Waals surface area contributed by atoms with Gasteiger partial charge in [-0.3, -0.25) is 24.1 Å². The number of rotatable bonds is 16. The van der Waals surface area contributed by atoms with E-state index in [2.05, 4.69) is 26.1 Å². The number of phenolic OH excluding ortho intramolecular Hbond substituents is 2. The molecule has 3 atom stereocenters. The quantitative estimate of drug-likeness (QED) is 0.0336. The van der Waals surface area contributed by atoms with Crippen LogP contribution in [-0.4, -0.2) is 112 Å². The van der Waals surface area contributed by atoms with E-state index in [0.29, 0.717) is 24.1 Å². The Labute approximate surface area is 367 Å². The standard InChI is InChI=1S/C40H47ClN8O11S2/c1-18-20(29(36(56)57)49-34(55)28(35(49)62-18)46-33(54)27(22-16-61-38(42)45-22)47-60-39(2,3)37(58)59)14-43-12-11-40(9-5-4-6-10-40)17-44-32(53)21-15-48(19-7-8-19)23-13-24(50)31(52)26(41)25(23)30(21)51/h13,15-16,18-19,28,35,43,50,52H,4-12,14,17H2,1-3H3,(H2,42,45)(H,44,53)(H,46,54)(H,56,57)(H,58,59)/b47-27-/t18-,28+,35+/m0/s1. The maximum Gasteiger partial charge on any atom is 0.352 e. The fraction of sp³-hybridized carbons (Fsp3) is 0.500. The molecule has 1 saturated heterocycles. The molecule has 22 heteroatoms. The van der Waals surface area contributed by atoms with Crippen molar-refractivity contribution in [1.82, 2.24) is 30.4 Å². The van der Waals surface area contributed by atoms with Crippen LogP contribution >= 0.6 is 34.7 Å². The summed E-state index contributed by atoms with van der Waals surface area (Å²) in [6.07, 6.45) is 8.30. The number of carbonyl (C=O) groups excluding carboxylic acids is 3. The number of benzene rings is 1. The number of hydrogen-bond acceptors (Lipinski definition) is 15. The minimum Gasteiger partial charge on any atom is -0.504 e. The second-order valence-electron chi connectivity index (χ2n) is 16.6. The number of phenols is 2. The number of oxime groups is 1. The van der Waals surface area contributed by atoms with E-state index in [-0.39, 0.29) is 57.0 Å². The maximum absolute atomic E-state index is 13.7. The van der Waals surface area contributed by atoms with Crippen molar-refractivity contribution in [2.24, 2.45) is 10.6 Å². The third-order valence-electron chi connectivity index (χ3n) is 11.9. The number of thiazole rings is 1. The molecule has 3 fully saturated rings. The molecule has 19 nitrogen and oxygen atoms in total. The lowest BCUT2D eigenvalue weighted by molar-refractivity contribution is -0.161. The average molecular weight is 915 g/mol. The molecule has 4 heterocycles. The molecule has 3 amide bonds. The van der Waals surface area contributed by atoms with Crippen molar-refractivity contribution in [1.29, 1.82) is 0 Å². The van der Waals surface area contributed by atoms with Crippen molar-refractivity contribution in [2.45, 2.75) is 100 Å². The number of halogens is 1. The number of thioether (sulfide) groups is 1. The Bertz CT molecular complexity index is 2480. The fourth-order valence-electron chi connectivity index (χ4n) is 8.10. The van der Waals surface area contributed by atoms with Crippen LogP contribution in [0.5, 0.6) is 11.5 Å². The molecule has 62 heavy (non-hydrogen) atoms. The van der Waals surface area contributed by atoms with Gasteiger partial charge in [-0.15, -0.1) is 23.1 Å². The highest BCUT2D eigenvalue weighted by molar-refractivity contribution is 8.00. The molecule has 332 valence electrons. The van der Waals surface area contributed by atoms with Crippen LogP contribution in [0.4, 0.5) is 5.13 Å². The Kier molecular flexibility index (Phi) is 12.5. The Hall–Kier alpha value is -5.38. The summed E-state index contributed by atoms with van der Waals surface area (Å²) in [6.45, 7) is 5.16. The zero-order chi connectivity index (χ0) is 44.8. The number of carboxylic acids is 2. The van der Waals surface area contributed by atoms with Crippen molar-refractivity contribution in [3.63, 3.8) is 0 Å². The lowest BCUT2D eigenvalue weighted by atomic mass is 9.71. The predicted molar refractivity (Wildman–Crippen MR) is 230 cm³/mol. The second-order valence-corrected chi connectivity index (χ2v) is 19.3. The molecule has 0 spiro atoms. The van der Waals surface area contributed by atoms with Gasteiger partial charge in [0.1, 0.15) is 28.4 Å². The number of fused-ring (bicyclic) bond motifs is 2. The molecule has 4 aliphatic rings. The van der Waals surface area contributed by atoms with Crippen molar-refractivity contribution in [2.75, 3.05) is 25.4 Å². The summed E-state index contributed by atoms with van der Waals surface area (Å²) in [4.78, 5) is 89.2. The van der Waals surface area contributed by atoms with Gasteiger partial charge in [-0.1, -0.05) is 36.0 Å². The molecule has 0 radical (unpaired) electrons. The third kappa shape index (κ3) is 8.67. The number of anilines is 1. The number of nitrogens with one attached hydrogen (secondary N) is 3. The number of carboxylic acid groups (broad SMARTS) is 2. The lowest BCUT2D eigenvalue weighted by Gasteiger charge is -2.51. The summed E-state index contributed by atoms with van der Waals surface area (Å²) in [5, 5.41) is 53.1. The second kappa shape index (κ2) is 17.4. The molecular weight excluding hydrogens is 868 g/mol. The fourth-order valence-corrected chi connectivity index (χ4v) is 10.4. The topological polar surface area (TPSA) is 288 Å². The first-order valence-corrected chi connectivity index (χ1v) is 22.3. The molecular formula is C40H47ClN8O11S2. The highest BCUT2D eigenvalue weighted by atomic mass is 35.5. The largest absolute Gasteiger partial charge is 0.504 e. The number of aromatic nitrogens is 2. The van der Waals surface area contributed by atoms with Gasteiger partial charge in [-0.25, -0.2) is 14.6 Å². The van der Waals surface area contributed by atoms with Gasteiger partial charge in [0.2, 0.25) is 11.0 Å². The molecule has 2 aliphatic heterocycles. The number of nitrogen functional groups attached to an aromatic ring is 1. The Morgan fingerprint density at radius 1 is 1.13 bits per heavy atom. The molecule has 3 aromatic rings. The van der Waals surface area contributed by atoms with E-state index in [9.17, 15) is 49.2 Å². The van der Waals surface area contributed by atoms with Crippen LogP contribution < -0.4 is 27.1 Å². The van der Waals surface area contributed by atoms with Gasteiger partial charge < -0.3 is 51.5 Å². The third-order valence-corrected chi connectivity index (χ3v) is 14.4. The maximum atomic E-state index is 13.7. The molecule has 7 rings (SSSR count). The number of carbonyl (C=O) groups is 5. The molecule has 9 N–H and O–H groups in total. The number of aliphatic carboxylic acids is 2. The molecule has 2 saturated carbocycles. The van der Waals surface area contributed by atoms with Crippen molar-refractivity contribution < 1.29 is 49.2 Å². The SMILES string of the molecule is C[C@@H]1S[C@@H]2[C@H](NC(=O)/C(=N\OC(C)(C)C(=O)O)c3csc(N)n3)C(=O)N2C(C(=O)O)=C1CNCCC1(CNC(=O)c2cn(C3CC3)c3cc(O)c(O)c(Cl)c3c2=O)CCCCC1. The van der Waals surface area contributed by atoms with Gasteiger partial charge in [0.15, 0.2) is 22.3 Å². The Morgan fingerprint density at radius 3 is 2.47 bits per heavy atom. The Morgan fingerprint density at radius 2 is 1.84 bits per heavy atom. The monoisotopic (exact) mass is 914 g/mol. The smallest absolute Gasteiger partial charge is 0.352 e. The van der Waals surface area contributed by atoms with E-state index in [1.807, 2.05) is 6.92 Å². The summed E-state index contributed by atoms with van der Waals surface area (Å²) >= 11 is 8.64. The summed E-state index contributed by atoms with van der Waals surface area (Å²) in [5.41, 5.74) is 3.06. The molecule has 0 bridgehead atoms. The van der Waals surface area contributed by atoms with Crippen LogP contribution in [-0.2, 0) is 24.0 Å². The minimum atomic E-state index is -1.81. The number of amides is 3. The highest BCUT2D eigenvalue weighted by Gasteiger charge is 2.56. The van der Waals surface area contributed by atoms with E-state index in [4.69, 9.17) is 22.2 Å². The zero-order valence-electron chi connectivity index (χ0n) is 34.0. The van der Waals surface area contributed by atoms with Gasteiger partial charge in [0.05, 0.1) is 15.9 Å². The van der Waals surface area contributed by atoms with E-state index >= 15 is 0 Å². The summed E-state index contributed by atoms with van der Waals surface area (Å²) < 4.78 is 1.75. The predicted octanol–water partition coefficient (Wildman–Crippen LogP) is 3.51. The number of nitrogens with zero attached hydrogens (tertiary/aromatic N) is 4. The van der Waals surface area contributed by atoms with Crippen LogP contribution in [0.25, 0.3) is 10.9 Å². The van der Waals surface area contributed by atoms with Gasteiger partial charge in [-0.2, -0.15) is 0 Å². The van der Waals surface area contributed by atoms with Gasteiger partial charge in [0, 0.05) is 42.0 Å². The number of hydrogen-bond donors (Lipinski definition) is 8. The normalized spacial score (nSPS) is 21.3. The van der Waals surface area contributed by atoms with E-state index in [1.54, 1.807) is 4.57 Å². The number of aromatic hydroxyl groups is 2. The summed E-state index contributed by atoms with van der Waals surface area (Å²) in [7, 11) is 0. The highest BCUT2D eigenvalue weighted by Crippen LogP contribution is 2.45. The van der Waals surface area contributed by atoms with Crippen LogP contribution in [0.2, 0.25) is 5.02 Å². The number of pyridine rings is 1. The Balaban J connectivity index is 1.02. The molecule has 2 aliphatic carbocycles. The number of β-lactam (4-membered cyclic amide) rings is 1. The van der Waals surface area contributed by atoms with Crippen LogP contribution in [0.1, 0.15) is 94.2 Å².